The number of ether oxygens (including phenoxy) is 4. The molecule has 2 fully saturated rings. The molecule has 9 nitrogen and oxygen atoms in total. The molecular weight excluding hydrogens is 570 g/mol. The lowest BCUT2D eigenvalue weighted by molar-refractivity contribution is -0.113. The van der Waals surface area contributed by atoms with Crippen molar-refractivity contribution in [2.45, 2.75) is 57.9 Å². The molecule has 1 saturated carbocycles. The lowest BCUT2D eigenvalue weighted by atomic mass is 9.94. The van der Waals surface area contributed by atoms with Crippen LogP contribution in [0.5, 0.6) is 17.6 Å². The summed E-state index contributed by atoms with van der Waals surface area (Å²) in [5.74, 6) is 0.0476. The molecule has 0 bridgehead atoms. The summed E-state index contributed by atoms with van der Waals surface area (Å²) in [5, 5.41) is 1.58. The van der Waals surface area contributed by atoms with Crippen LogP contribution in [0.25, 0.3) is 32.9 Å². The van der Waals surface area contributed by atoms with Crippen LogP contribution in [0.3, 0.4) is 0 Å². The third-order valence-electron chi connectivity index (χ3n) is 9.00. The van der Waals surface area contributed by atoms with Crippen LogP contribution < -0.4 is 19.1 Å². The Labute approximate surface area is 253 Å². The van der Waals surface area contributed by atoms with Crippen molar-refractivity contribution in [2.24, 2.45) is 5.41 Å². The molecule has 0 amide bonds. The number of carbonyl (C=O) groups excluding carboxylic acids is 1. The Morgan fingerprint density at radius 1 is 1.09 bits per heavy atom. The molecule has 2 aromatic heterocycles. The summed E-state index contributed by atoms with van der Waals surface area (Å²) >= 11 is 0. The highest BCUT2D eigenvalue weighted by Gasteiger charge is 2.44. The molecule has 2 aliphatic heterocycles. The Kier molecular flexibility index (Phi) is 7.44. The molecule has 4 heterocycles. The minimum atomic E-state index is -0.706. The summed E-state index contributed by atoms with van der Waals surface area (Å²) < 4.78 is 55.3. The molecule has 1 aliphatic carbocycles. The van der Waals surface area contributed by atoms with Gasteiger partial charge in [-0.15, -0.1) is 0 Å². The number of aromatic nitrogens is 3. The highest BCUT2D eigenvalue weighted by atomic mass is 19.1. The summed E-state index contributed by atoms with van der Waals surface area (Å²) in [5.41, 5.74) is 0.198. The van der Waals surface area contributed by atoms with Crippen molar-refractivity contribution in [1.29, 1.82) is 0 Å². The van der Waals surface area contributed by atoms with Crippen molar-refractivity contribution < 1.29 is 32.5 Å². The largest absolute Gasteiger partial charge is 0.475 e. The predicted octanol–water partition coefficient (Wildman–Crippen LogP) is 6.17. The molecule has 0 spiro atoms. The van der Waals surface area contributed by atoms with E-state index >= 15 is 8.78 Å². The van der Waals surface area contributed by atoms with Gasteiger partial charge in [-0.2, -0.15) is 9.97 Å². The Morgan fingerprint density at radius 2 is 1.95 bits per heavy atom. The van der Waals surface area contributed by atoms with Crippen LogP contribution >= 0.6 is 0 Å². The normalized spacial score (nSPS) is 18.7. The lowest BCUT2D eigenvalue weighted by Gasteiger charge is -2.29. The first-order valence-electron chi connectivity index (χ1n) is 15.2. The van der Waals surface area contributed by atoms with Crippen LogP contribution in [0.15, 0.2) is 24.3 Å². The van der Waals surface area contributed by atoms with E-state index in [1.54, 1.807) is 18.2 Å². The van der Waals surface area contributed by atoms with Gasteiger partial charge in [0.25, 0.3) is 0 Å². The first kappa shape index (κ1) is 28.6. The molecule has 3 aliphatic rings. The van der Waals surface area contributed by atoms with Crippen LogP contribution in [-0.4, -0.2) is 60.9 Å². The molecule has 230 valence electrons. The minimum Gasteiger partial charge on any atom is -0.475 e. The van der Waals surface area contributed by atoms with Gasteiger partial charge in [-0.3, -0.25) is 0 Å². The van der Waals surface area contributed by atoms with Gasteiger partial charge in [-0.25, -0.2) is 13.8 Å². The highest BCUT2D eigenvalue weighted by Crippen LogP contribution is 2.46. The Balaban J connectivity index is 1.48. The van der Waals surface area contributed by atoms with E-state index in [0.717, 1.165) is 51.4 Å². The van der Waals surface area contributed by atoms with Gasteiger partial charge < -0.3 is 28.6 Å². The highest BCUT2D eigenvalue weighted by molar-refractivity contribution is 6.03. The number of aldehydes is 1. The van der Waals surface area contributed by atoms with E-state index < -0.39 is 11.2 Å². The van der Waals surface area contributed by atoms with Crippen LogP contribution in [0.1, 0.15) is 51.0 Å². The summed E-state index contributed by atoms with van der Waals surface area (Å²) in [6, 6.07) is 6.48. The van der Waals surface area contributed by atoms with Gasteiger partial charge in [-0.05, 0) is 66.6 Å². The van der Waals surface area contributed by atoms with E-state index in [1.807, 2.05) is 6.92 Å². The Bertz CT molecular complexity index is 1760. The average molecular weight is 605 g/mol. The minimum absolute atomic E-state index is 0.00309. The molecule has 1 saturated heterocycles. The summed E-state index contributed by atoms with van der Waals surface area (Å²) in [7, 11) is 1.51. The molecule has 44 heavy (non-hydrogen) atoms. The van der Waals surface area contributed by atoms with E-state index in [1.165, 1.54) is 13.2 Å². The van der Waals surface area contributed by atoms with Gasteiger partial charge in [0.15, 0.2) is 12.6 Å². The summed E-state index contributed by atoms with van der Waals surface area (Å²) in [6.07, 6.45) is 6.73. The van der Waals surface area contributed by atoms with Crippen molar-refractivity contribution in [3.8, 4) is 28.9 Å². The predicted molar refractivity (Wildman–Crippen MR) is 160 cm³/mol. The van der Waals surface area contributed by atoms with E-state index in [-0.39, 0.29) is 48.4 Å². The number of aryl methyl sites for hydroxylation is 1. The van der Waals surface area contributed by atoms with Crippen LogP contribution in [0, 0.1) is 17.0 Å². The van der Waals surface area contributed by atoms with Gasteiger partial charge >= 0.3 is 6.01 Å². The number of anilines is 1. The molecule has 11 heteroatoms. The fourth-order valence-corrected chi connectivity index (χ4v) is 6.36. The van der Waals surface area contributed by atoms with E-state index in [4.69, 9.17) is 28.9 Å². The van der Waals surface area contributed by atoms with E-state index in [0.29, 0.717) is 51.9 Å². The number of benzene rings is 2. The quantitative estimate of drug-likeness (QED) is 0.164. The first-order valence-corrected chi connectivity index (χ1v) is 15.2. The second kappa shape index (κ2) is 11.4. The standard InChI is InChI=1S/C33H34F2N4O5/c1-3-22-24(34)9-8-19-13-21(44-18-41-2)14-23(25(19)22)28-27(35)29-26-30(38-32(37-29)43-17-33(16-40)10-11-33)39-12-6-4-5-7-20(39)15-42-31(26)36-28/h8-9,13-14,16,20H,3-7,10-12,15,17-18H2,1-2H3/t20-/m0/s1. The van der Waals surface area contributed by atoms with E-state index in [2.05, 4.69) is 9.88 Å². The molecule has 7 rings (SSSR count). The average Bonchev–Trinajstić information content (AvgIpc) is 3.87. The number of hydrogen-bond donors (Lipinski definition) is 0. The van der Waals surface area contributed by atoms with Crippen molar-refractivity contribution in [2.75, 3.05) is 38.6 Å². The molecule has 0 radical (unpaired) electrons. The van der Waals surface area contributed by atoms with Crippen LogP contribution in [0.4, 0.5) is 14.6 Å². The number of hydrogen-bond acceptors (Lipinski definition) is 9. The number of pyridine rings is 1. The van der Waals surface area contributed by atoms with Crippen molar-refractivity contribution in [3.05, 3.63) is 41.5 Å². The smallest absolute Gasteiger partial charge is 0.319 e. The summed E-state index contributed by atoms with van der Waals surface area (Å²) in [6.45, 7) is 3.03. The lowest BCUT2D eigenvalue weighted by Crippen LogP contribution is -2.38. The van der Waals surface area contributed by atoms with Gasteiger partial charge in [0.1, 0.15) is 53.5 Å². The molecule has 4 aromatic rings. The number of rotatable bonds is 9. The Hall–Kier alpha value is -4.12. The van der Waals surface area contributed by atoms with Gasteiger partial charge in [-0.1, -0.05) is 25.8 Å². The second-order valence-corrected chi connectivity index (χ2v) is 11.9. The zero-order chi connectivity index (χ0) is 30.4. The third-order valence-corrected chi connectivity index (χ3v) is 9.00. The SMILES string of the molecule is CCc1c(F)ccc2cc(OCOC)cc(-c3nc4c5c(nc(OCC6(C=O)CC6)nc5c3F)N3CCCCC[C@H]3CO4)c12. The van der Waals surface area contributed by atoms with Crippen molar-refractivity contribution >= 4 is 33.8 Å². The Morgan fingerprint density at radius 3 is 2.73 bits per heavy atom. The van der Waals surface area contributed by atoms with Gasteiger partial charge in [0.05, 0.1) is 11.5 Å². The number of nitrogens with zero attached hydrogens (tertiary/aromatic N) is 4. The van der Waals surface area contributed by atoms with Gasteiger partial charge in [0.2, 0.25) is 5.88 Å². The molecule has 2 aromatic carbocycles. The van der Waals surface area contributed by atoms with E-state index in [9.17, 15) is 4.79 Å². The molecule has 1 atom stereocenters. The fourth-order valence-electron chi connectivity index (χ4n) is 6.36. The van der Waals surface area contributed by atoms with Crippen LogP contribution in [0.2, 0.25) is 0 Å². The zero-order valence-corrected chi connectivity index (χ0v) is 24.8. The maximum atomic E-state index is 17.0. The number of methoxy groups -OCH3 is 1. The number of halogens is 2. The zero-order valence-electron chi connectivity index (χ0n) is 24.8. The maximum Gasteiger partial charge on any atom is 0.319 e. The summed E-state index contributed by atoms with van der Waals surface area (Å²) in [4.78, 5) is 27.9. The molecule has 0 N–H and O–H groups in total. The fraction of sp³-hybridized carbons (Fsp3) is 0.455. The van der Waals surface area contributed by atoms with Crippen molar-refractivity contribution in [3.63, 3.8) is 0 Å². The first-order chi connectivity index (χ1) is 21.4. The van der Waals surface area contributed by atoms with Gasteiger partial charge in [0, 0.05) is 19.2 Å². The number of carbonyl (C=O) groups is 1. The monoisotopic (exact) mass is 604 g/mol. The topological polar surface area (TPSA) is 95.9 Å². The maximum absolute atomic E-state index is 17.0. The molecular formula is C33H34F2N4O5. The van der Waals surface area contributed by atoms with Crippen molar-refractivity contribution in [1.82, 2.24) is 15.0 Å². The van der Waals surface area contributed by atoms with Crippen LogP contribution in [-0.2, 0) is 16.0 Å². The number of fused-ring (bicyclic) bond motifs is 3. The third kappa shape index (κ3) is 4.96. The second-order valence-electron chi connectivity index (χ2n) is 11.9. The molecule has 0 unspecified atom stereocenters.